The molecule has 2 aromatic rings. The van der Waals surface area contributed by atoms with Crippen molar-refractivity contribution in [2.24, 2.45) is 5.73 Å². The lowest BCUT2D eigenvalue weighted by molar-refractivity contribution is 0.966. The van der Waals surface area contributed by atoms with Gasteiger partial charge in [0.2, 0.25) is 0 Å². The fourth-order valence-electron chi connectivity index (χ4n) is 1.80. The van der Waals surface area contributed by atoms with E-state index >= 15 is 0 Å². The first kappa shape index (κ1) is 13.1. The monoisotopic (exact) mass is 252 g/mol. The molecule has 0 unspecified atom stereocenters. The lowest BCUT2D eigenvalue weighted by Crippen LogP contribution is -2.03. The van der Waals surface area contributed by atoms with Gasteiger partial charge >= 0.3 is 0 Å². The number of nitriles is 1. The summed E-state index contributed by atoms with van der Waals surface area (Å²) < 4.78 is 0. The van der Waals surface area contributed by atoms with Crippen LogP contribution in [0.3, 0.4) is 0 Å². The smallest absolute Gasteiger partial charge is 0.142 e. The fraction of sp³-hybridized carbons (Fsp3) is 0.200. The van der Waals surface area contributed by atoms with Crippen molar-refractivity contribution in [2.75, 3.05) is 11.9 Å². The highest BCUT2D eigenvalue weighted by atomic mass is 14.9. The topological polar surface area (TPSA) is 74.7 Å². The molecule has 0 atom stereocenters. The van der Waals surface area contributed by atoms with E-state index in [9.17, 15) is 0 Å². The molecule has 0 fully saturated rings. The first-order chi connectivity index (χ1) is 9.31. The molecular formula is C15H16N4. The van der Waals surface area contributed by atoms with E-state index in [1.165, 1.54) is 11.1 Å². The van der Waals surface area contributed by atoms with Crippen molar-refractivity contribution in [3.63, 3.8) is 0 Å². The van der Waals surface area contributed by atoms with E-state index in [1.54, 1.807) is 12.3 Å². The van der Waals surface area contributed by atoms with Crippen LogP contribution in [0.4, 0.5) is 5.69 Å². The van der Waals surface area contributed by atoms with Crippen LogP contribution in [0, 0.1) is 11.3 Å². The van der Waals surface area contributed by atoms with Crippen LogP contribution in [0.25, 0.3) is 0 Å². The van der Waals surface area contributed by atoms with Gasteiger partial charge in [-0.25, -0.2) is 4.98 Å². The van der Waals surface area contributed by atoms with Gasteiger partial charge in [0, 0.05) is 18.4 Å². The molecule has 0 aliphatic rings. The molecule has 0 bridgehead atoms. The Kier molecular flexibility index (Phi) is 4.49. The molecule has 0 saturated heterocycles. The lowest BCUT2D eigenvalue weighted by Gasteiger charge is -2.07. The van der Waals surface area contributed by atoms with E-state index < -0.39 is 0 Å². The number of nitrogens with one attached hydrogen (secondary N) is 1. The molecule has 0 amide bonds. The normalized spacial score (nSPS) is 9.89. The van der Waals surface area contributed by atoms with Crippen LogP contribution in [0.1, 0.15) is 16.8 Å². The number of aromatic nitrogens is 1. The minimum Gasteiger partial charge on any atom is -0.381 e. The third-order valence-electron chi connectivity index (χ3n) is 2.83. The largest absolute Gasteiger partial charge is 0.381 e. The van der Waals surface area contributed by atoms with Crippen molar-refractivity contribution in [3.8, 4) is 6.07 Å². The molecule has 1 aromatic heterocycles. The number of nitrogens with zero attached hydrogens (tertiary/aromatic N) is 2. The average Bonchev–Trinajstić information content (AvgIpc) is 2.47. The summed E-state index contributed by atoms with van der Waals surface area (Å²) in [6.07, 6.45) is 2.54. The van der Waals surface area contributed by atoms with Gasteiger partial charge in [-0.05, 0) is 36.2 Å². The quantitative estimate of drug-likeness (QED) is 0.854. The second-order valence-corrected chi connectivity index (χ2v) is 4.25. The highest BCUT2D eigenvalue weighted by molar-refractivity contribution is 5.46. The van der Waals surface area contributed by atoms with Crippen LogP contribution in [-0.2, 0) is 13.0 Å². The Morgan fingerprint density at radius 1 is 1.16 bits per heavy atom. The van der Waals surface area contributed by atoms with Gasteiger partial charge in [-0.3, -0.25) is 0 Å². The average molecular weight is 252 g/mol. The minimum atomic E-state index is 0.420. The third-order valence-corrected chi connectivity index (χ3v) is 2.83. The summed E-state index contributed by atoms with van der Waals surface area (Å²) in [7, 11) is 0. The Morgan fingerprint density at radius 3 is 2.58 bits per heavy atom. The molecule has 0 aliphatic heterocycles. The summed E-state index contributed by atoms with van der Waals surface area (Å²) in [5.74, 6) is 0. The van der Waals surface area contributed by atoms with E-state index in [4.69, 9.17) is 11.0 Å². The third kappa shape index (κ3) is 3.80. The maximum Gasteiger partial charge on any atom is 0.142 e. The van der Waals surface area contributed by atoms with Crippen LogP contribution in [0.15, 0.2) is 42.6 Å². The van der Waals surface area contributed by atoms with Crippen LogP contribution < -0.4 is 11.1 Å². The Balaban J connectivity index is 1.96. The zero-order valence-corrected chi connectivity index (χ0v) is 10.6. The van der Waals surface area contributed by atoms with Gasteiger partial charge in [0.25, 0.3) is 0 Å². The SMILES string of the molecule is N#Cc1cc(NCc2ccc(CCN)cc2)ccn1. The standard InChI is InChI=1S/C15H16N4/c16-7-5-12-1-3-13(4-2-12)11-19-14-6-8-18-15(9-14)10-17/h1-4,6,8-9H,5,7,11,16H2,(H,18,19). The Labute approximate surface area is 112 Å². The summed E-state index contributed by atoms with van der Waals surface area (Å²) in [5.41, 5.74) is 9.28. The summed E-state index contributed by atoms with van der Waals surface area (Å²) in [5, 5.41) is 12.0. The van der Waals surface area contributed by atoms with Crippen molar-refractivity contribution < 1.29 is 0 Å². The lowest BCUT2D eigenvalue weighted by atomic mass is 10.1. The number of nitrogens with two attached hydrogens (primary N) is 1. The zero-order valence-electron chi connectivity index (χ0n) is 10.6. The molecule has 0 saturated carbocycles. The fourth-order valence-corrected chi connectivity index (χ4v) is 1.80. The number of anilines is 1. The molecule has 96 valence electrons. The highest BCUT2D eigenvalue weighted by Gasteiger charge is 1.97. The maximum absolute atomic E-state index is 8.78. The molecule has 4 heteroatoms. The van der Waals surface area contributed by atoms with E-state index in [0.29, 0.717) is 12.2 Å². The zero-order chi connectivity index (χ0) is 13.5. The van der Waals surface area contributed by atoms with E-state index in [0.717, 1.165) is 18.7 Å². The van der Waals surface area contributed by atoms with Crippen molar-refractivity contribution in [2.45, 2.75) is 13.0 Å². The molecule has 2 rings (SSSR count). The van der Waals surface area contributed by atoms with Crippen molar-refractivity contribution in [1.29, 1.82) is 5.26 Å². The highest BCUT2D eigenvalue weighted by Crippen LogP contribution is 2.10. The van der Waals surface area contributed by atoms with Crippen molar-refractivity contribution in [3.05, 3.63) is 59.4 Å². The molecular weight excluding hydrogens is 236 g/mol. The summed E-state index contributed by atoms with van der Waals surface area (Å²) in [6.45, 7) is 1.39. The number of hydrogen-bond acceptors (Lipinski definition) is 4. The van der Waals surface area contributed by atoms with Crippen LogP contribution in [0.2, 0.25) is 0 Å². The van der Waals surface area contributed by atoms with Gasteiger partial charge in [-0.2, -0.15) is 5.26 Å². The van der Waals surface area contributed by atoms with Crippen molar-refractivity contribution >= 4 is 5.69 Å². The summed E-state index contributed by atoms with van der Waals surface area (Å²) >= 11 is 0. The summed E-state index contributed by atoms with van der Waals surface area (Å²) in [6, 6.07) is 14.0. The number of pyridine rings is 1. The van der Waals surface area contributed by atoms with Crippen LogP contribution in [0.5, 0.6) is 0 Å². The Hall–Kier alpha value is -2.38. The Bertz CT molecular complexity index is 569. The van der Waals surface area contributed by atoms with Crippen molar-refractivity contribution in [1.82, 2.24) is 4.98 Å². The number of hydrogen-bond donors (Lipinski definition) is 2. The second kappa shape index (κ2) is 6.53. The molecule has 1 aromatic carbocycles. The maximum atomic E-state index is 8.78. The van der Waals surface area contributed by atoms with Gasteiger partial charge in [-0.15, -0.1) is 0 Å². The van der Waals surface area contributed by atoms with Gasteiger partial charge in [0.15, 0.2) is 0 Å². The number of benzene rings is 1. The molecule has 3 N–H and O–H groups in total. The van der Waals surface area contributed by atoms with Crippen LogP contribution in [-0.4, -0.2) is 11.5 Å². The van der Waals surface area contributed by atoms with E-state index in [-0.39, 0.29) is 0 Å². The van der Waals surface area contributed by atoms with Gasteiger partial charge in [-0.1, -0.05) is 24.3 Å². The first-order valence-electron chi connectivity index (χ1n) is 6.20. The number of rotatable bonds is 5. The van der Waals surface area contributed by atoms with E-state index in [1.807, 2.05) is 12.1 Å². The summed E-state index contributed by atoms with van der Waals surface area (Å²) in [4.78, 5) is 3.93. The van der Waals surface area contributed by atoms with Gasteiger partial charge < -0.3 is 11.1 Å². The molecule has 1 heterocycles. The van der Waals surface area contributed by atoms with E-state index in [2.05, 4.69) is 34.6 Å². The molecule has 0 spiro atoms. The molecule has 19 heavy (non-hydrogen) atoms. The van der Waals surface area contributed by atoms with Gasteiger partial charge in [0.1, 0.15) is 11.8 Å². The first-order valence-corrected chi connectivity index (χ1v) is 6.20. The molecule has 0 aliphatic carbocycles. The predicted molar refractivity (Wildman–Crippen MR) is 75.5 cm³/mol. The molecule has 4 nitrogen and oxygen atoms in total. The van der Waals surface area contributed by atoms with Gasteiger partial charge in [0.05, 0.1) is 0 Å². The van der Waals surface area contributed by atoms with Crippen LogP contribution >= 0.6 is 0 Å². The molecule has 0 radical (unpaired) electrons. The second-order valence-electron chi connectivity index (χ2n) is 4.25. The minimum absolute atomic E-state index is 0.420. The predicted octanol–water partition coefficient (Wildman–Crippen LogP) is 2.07. The Morgan fingerprint density at radius 2 is 1.89 bits per heavy atom.